The minimum Gasteiger partial charge on any atom is -0.399 e. The third kappa shape index (κ3) is 5.94. The molecular formula is C22H21N3NaO4S+. The van der Waals surface area contributed by atoms with Gasteiger partial charge in [0, 0.05) is 22.1 Å². The van der Waals surface area contributed by atoms with Gasteiger partial charge in [-0.05, 0) is 35.9 Å². The Hall–Kier alpha value is -2.20. The van der Waals surface area contributed by atoms with Crippen LogP contribution in [0.3, 0.4) is 0 Å². The second-order valence-electron chi connectivity index (χ2n) is 6.95. The summed E-state index contributed by atoms with van der Waals surface area (Å²) in [5.74, 6) is -0.449. The van der Waals surface area contributed by atoms with Gasteiger partial charge in [0.1, 0.15) is 0 Å². The van der Waals surface area contributed by atoms with Crippen molar-refractivity contribution in [3.05, 3.63) is 72.3 Å². The van der Waals surface area contributed by atoms with Crippen LogP contribution in [0.15, 0.2) is 66.7 Å². The first-order valence-corrected chi connectivity index (χ1v) is 11.0. The van der Waals surface area contributed by atoms with Crippen LogP contribution in [0, 0.1) is 0 Å². The minimum absolute atomic E-state index is 0. The third-order valence-electron chi connectivity index (χ3n) is 4.63. The van der Waals surface area contributed by atoms with Crippen LogP contribution < -0.4 is 40.6 Å². The van der Waals surface area contributed by atoms with Gasteiger partial charge in [-0.15, -0.1) is 0 Å². The summed E-state index contributed by atoms with van der Waals surface area (Å²) in [4.78, 5) is 4.73. The van der Waals surface area contributed by atoms with Gasteiger partial charge in [0.15, 0.2) is 0 Å². The van der Waals surface area contributed by atoms with E-state index in [1.54, 1.807) is 6.07 Å². The quantitative estimate of drug-likeness (QED) is 0.128. The van der Waals surface area contributed by atoms with Gasteiger partial charge in [-0.2, -0.15) is 8.42 Å². The molecule has 0 radical (unpaired) electrons. The van der Waals surface area contributed by atoms with Crippen molar-refractivity contribution >= 4 is 49.0 Å². The molecule has 3 aromatic carbocycles. The molecule has 0 spiro atoms. The molecule has 0 aliphatic rings. The van der Waals surface area contributed by atoms with Crippen LogP contribution >= 0.6 is 0 Å². The van der Waals surface area contributed by atoms with Crippen molar-refractivity contribution in [3.8, 4) is 0 Å². The number of fused-ring (bicyclic) bond motifs is 2. The van der Waals surface area contributed by atoms with Gasteiger partial charge < -0.3 is 15.8 Å². The Morgan fingerprint density at radius 3 is 2.19 bits per heavy atom. The van der Waals surface area contributed by atoms with E-state index in [0.717, 1.165) is 38.7 Å². The summed E-state index contributed by atoms with van der Waals surface area (Å²) in [5, 5.41) is 5.46. The van der Waals surface area contributed by atoms with Crippen LogP contribution in [-0.4, -0.2) is 30.3 Å². The molecule has 0 amide bonds. The zero-order chi connectivity index (χ0) is 21.1. The van der Waals surface area contributed by atoms with Gasteiger partial charge in [0.2, 0.25) is 0 Å². The molecule has 9 heteroatoms. The number of anilines is 3. The van der Waals surface area contributed by atoms with E-state index < -0.39 is 15.9 Å². The molecule has 4 N–H and O–H groups in total. The Bertz CT molecular complexity index is 1280. The summed E-state index contributed by atoms with van der Waals surface area (Å²) in [6.45, 7) is 0.0725. The summed E-state index contributed by atoms with van der Waals surface area (Å²) in [6.07, 6.45) is 0. The molecule has 1 aromatic heterocycles. The fourth-order valence-electron chi connectivity index (χ4n) is 3.35. The summed E-state index contributed by atoms with van der Waals surface area (Å²) >= 11 is 0. The third-order valence-corrected chi connectivity index (χ3v) is 5.31. The molecule has 0 saturated heterocycles. The van der Waals surface area contributed by atoms with E-state index in [2.05, 4.69) is 5.32 Å². The Labute approximate surface area is 202 Å². The molecule has 31 heavy (non-hydrogen) atoms. The Balaban J connectivity index is 0.00000272. The fraction of sp³-hybridized carbons (Fsp3) is 0.136. The second kappa shape index (κ2) is 9.95. The van der Waals surface area contributed by atoms with Crippen LogP contribution in [0.25, 0.3) is 21.8 Å². The predicted molar refractivity (Wildman–Crippen MR) is 119 cm³/mol. The second-order valence-corrected chi connectivity index (χ2v) is 8.52. The Morgan fingerprint density at radius 1 is 0.968 bits per heavy atom. The molecule has 4 rings (SSSR count). The molecule has 7 nitrogen and oxygen atoms in total. The van der Waals surface area contributed by atoms with Gasteiger partial charge in [0.25, 0.3) is 10.1 Å². The van der Waals surface area contributed by atoms with Crippen molar-refractivity contribution in [2.24, 2.45) is 0 Å². The molecule has 0 saturated carbocycles. The van der Waals surface area contributed by atoms with Crippen LogP contribution in [0.1, 0.15) is 5.56 Å². The topological polar surface area (TPSA) is 115 Å². The number of rotatable bonds is 7. The monoisotopic (exact) mass is 446 g/mol. The number of hydrogen-bond donors (Lipinski definition) is 3. The molecule has 0 fully saturated rings. The molecule has 0 aliphatic heterocycles. The van der Waals surface area contributed by atoms with Crippen molar-refractivity contribution in [2.45, 2.75) is 6.61 Å². The summed E-state index contributed by atoms with van der Waals surface area (Å²) in [5.41, 5.74) is 10.9. The van der Waals surface area contributed by atoms with E-state index in [1.165, 1.54) is 0 Å². The molecular weight excluding hydrogens is 425 g/mol. The Morgan fingerprint density at radius 2 is 1.58 bits per heavy atom. The number of nitrogen functional groups attached to an aromatic ring is 1. The number of nitrogens with one attached hydrogen (secondary N) is 1. The maximum Gasteiger partial charge on any atom is 1.00 e. The average molecular weight is 446 g/mol. The number of hydrogen-bond acceptors (Lipinski definition) is 6. The van der Waals surface area contributed by atoms with Crippen molar-refractivity contribution in [1.82, 2.24) is 4.98 Å². The first-order chi connectivity index (χ1) is 14.4. The van der Waals surface area contributed by atoms with E-state index in [1.807, 2.05) is 60.7 Å². The van der Waals surface area contributed by atoms with Crippen LogP contribution in [0.4, 0.5) is 17.1 Å². The van der Waals surface area contributed by atoms with Crippen molar-refractivity contribution in [1.29, 1.82) is 0 Å². The van der Waals surface area contributed by atoms with Gasteiger partial charge >= 0.3 is 29.6 Å². The number of aromatic nitrogens is 1. The number of ether oxygens (including phenoxy) is 1. The maximum atomic E-state index is 10.8. The van der Waals surface area contributed by atoms with E-state index >= 15 is 0 Å². The maximum absolute atomic E-state index is 10.8. The minimum atomic E-state index is -4.05. The number of benzene rings is 3. The largest absolute Gasteiger partial charge is 1.00 e. The van der Waals surface area contributed by atoms with Gasteiger partial charge in [-0.25, -0.2) is 4.98 Å². The van der Waals surface area contributed by atoms with Crippen molar-refractivity contribution in [3.63, 3.8) is 0 Å². The molecule has 0 bridgehead atoms. The van der Waals surface area contributed by atoms with Crippen molar-refractivity contribution < 1.29 is 47.3 Å². The standard InChI is InChI=1S/C22H21N3O4S.Na/c23-16-11-15(14-29-9-10-30(26,27)28)12-17(13-16)24-22-18-5-1-3-7-20(18)25-21-8-4-2-6-19(21)22;/h1-8,11-13H,9-10,14,23H2,(H,24,25)(H,26,27,28);/q;+1. The zero-order valence-electron chi connectivity index (χ0n) is 17.1. The van der Waals surface area contributed by atoms with E-state index in [0.29, 0.717) is 5.69 Å². The van der Waals surface area contributed by atoms with Crippen LogP contribution in [-0.2, 0) is 21.5 Å². The van der Waals surface area contributed by atoms with E-state index in [9.17, 15) is 8.42 Å². The van der Waals surface area contributed by atoms with Crippen LogP contribution in [0.5, 0.6) is 0 Å². The number of para-hydroxylation sites is 2. The van der Waals surface area contributed by atoms with Crippen LogP contribution in [0.2, 0.25) is 0 Å². The summed E-state index contributed by atoms with van der Waals surface area (Å²) < 4.78 is 35.8. The average Bonchev–Trinajstić information content (AvgIpc) is 2.70. The number of nitrogens with zero attached hydrogens (tertiary/aromatic N) is 1. The van der Waals surface area contributed by atoms with Crippen molar-refractivity contribution in [2.75, 3.05) is 23.4 Å². The first kappa shape index (κ1) is 23.5. The van der Waals surface area contributed by atoms with Gasteiger partial charge in [-0.1, -0.05) is 36.4 Å². The molecule has 0 aliphatic carbocycles. The number of pyridine rings is 1. The zero-order valence-corrected chi connectivity index (χ0v) is 19.9. The Kier molecular flexibility index (Phi) is 7.53. The molecule has 0 unspecified atom stereocenters. The normalized spacial score (nSPS) is 11.4. The SMILES string of the molecule is Nc1cc(COCCS(=O)(=O)O)cc(Nc2c3ccccc3nc3ccccc23)c1.[Na+]. The first-order valence-electron chi connectivity index (χ1n) is 9.36. The molecule has 1 heterocycles. The molecule has 0 atom stereocenters. The molecule has 4 aromatic rings. The smallest absolute Gasteiger partial charge is 0.399 e. The van der Waals surface area contributed by atoms with E-state index in [-0.39, 0.29) is 42.8 Å². The summed E-state index contributed by atoms with van der Waals surface area (Å²) in [7, 11) is -4.05. The predicted octanol–water partition coefficient (Wildman–Crippen LogP) is 1.12. The van der Waals surface area contributed by atoms with Gasteiger partial charge in [-0.3, -0.25) is 4.55 Å². The van der Waals surface area contributed by atoms with E-state index in [4.69, 9.17) is 20.0 Å². The fourth-order valence-corrected chi connectivity index (χ4v) is 3.68. The molecule has 154 valence electrons. The number of nitrogens with two attached hydrogens (primary N) is 1. The summed E-state index contributed by atoms with van der Waals surface area (Å²) in [6, 6.07) is 21.3. The van der Waals surface area contributed by atoms with Gasteiger partial charge in [0.05, 0.1) is 35.7 Å².